The summed E-state index contributed by atoms with van der Waals surface area (Å²) in [5.41, 5.74) is 1.73. The van der Waals surface area contributed by atoms with Gasteiger partial charge < -0.3 is 19.4 Å². The van der Waals surface area contributed by atoms with Crippen LogP contribution >= 0.6 is 0 Å². The molecule has 1 aromatic carbocycles. The maximum Gasteiger partial charge on any atom is 0.254 e. The third kappa shape index (κ3) is 2.19. The molecule has 1 saturated heterocycles. The predicted molar refractivity (Wildman–Crippen MR) is 75.8 cm³/mol. The molecule has 0 spiro atoms. The minimum atomic E-state index is -0.0556. The lowest BCUT2D eigenvalue weighted by Gasteiger charge is -2.15. The van der Waals surface area contributed by atoms with Crippen LogP contribution in [0, 0.1) is 0 Å². The molecule has 5 heteroatoms. The van der Waals surface area contributed by atoms with E-state index in [9.17, 15) is 4.79 Å². The van der Waals surface area contributed by atoms with E-state index in [1.54, 1.807) is 19.1 Å². The van der Waals surface area contributed by atoms with Crippen LogP contribution in [0.25, 0.3) is 10.9 Å². The Hall–Kier alpha value is -1.85. The van der Waals surface area contributed by atoms with Gasteiger partial charge in [0.15, 0.2) is 0 Å². The Morgan fingerprint density at radius 1 is 1.20 bits per heavy atom. The van der Waals surface area contributed by atoms with Crippen molar-refractivity contribution in [3.05, 3.63) is 36.0 Å². The Morgan fingerprint density at radius 2 is 1.90 bits per heavy atom. The van der Waals surface area contributed by atoms with Gasteiger partial charge in [0.1, 0.15) is 12.2 Å². The number of fused-ring (bicyclic) bond motifs is 1. The van der Waals surface area contributed by atoms with Gasteiger partial charge in [0.05, 0.1) is 0 Å². The number of carbonyl (C=O) groups excluding carboxylic acids is 1. The van der Waals surface area contributed by atoms with E-state index < -0.39 is 0 Å². The van der Waals surface area contributed by atoms with Gasteiger partial charge in [-0.2, -0.15) is 0 Å². The highest BCUT2D eigenvalue weighted by Gasteiger charge is 2.35. The maximum absolute atomic E-state index is 12.5. The Labute approximate surface area is 117 Å². The van der Waals surface area contributed by atoms with E-state index >= 15 is 0 Å². The van der Waals surface area contributed by atoms with Gasteiger partial charge in [-0.05, 0) is 24.3 Å². The molecule has 106 valence electrons. The van der Waals surface area contributed by atoms with E-state index in [0.717, 1.165) is 10.9 Å². The molecule has 20 heavy (non-hydrogen) atoms. The Kier molecular flexibility index (Phi) is 3.46. The molecule has 0 aliphatic carbocycles. The van der Waals surface area contributed by atoms with Crippen LogP contribution in [0.5, 0.6) is 0 Å². The lowest BCUT2D eigenvalue weighted by atomic mass is 10.1. The number of ether oxygens (including phenoxy) is 2. The van der Waals surface area contributed by atoms with Gasteiger partial charge >= 0.3 is 0 Å². The standard InChI is InChI=1S/C15H18N2O3/c1-19-13-8-17(9-14(13)20-2)15(18)11-3-4-12-10(7-11)5-6-16-12/h3-7,13-14,16H,8-9H2,1-2H3. The Bertz CT molecular complexity index is 610. The van der Waals surface area contributed by atoms with E-state index in [0.29, 0.717) is 18.7 Å². The van der Waals surface area contributed by atoms with Crippen LogP contribution in [0.3, 0.4) is 0 Å². The summed E-state index contributed by atoms with van der Waals surface area (Å²) >= 11 is 0. The molecule has 1 aromatic heterocycles. The lowest BCUT2D eigenvalue weighted by molar-refractivity contribution is -0.00461. The number of aromatic amines is 1. The third-order valence-electron chi connectivity index (χ3n) is 3.91. The molecule has 1 amide bonds. The number of hydrogen-bond acceptors (Lipinski definition) is 3. The summed E-state index contributed by atoms with van der Waals surface area (Å²) in [7, 11) is 3.30. The zero-order chi connectivity index (χ0) is 14.1. The van der Waals surface area contributed by atoms with E-state index in [4.69, 9.17) is 9.47 Å². The van der Waals surface area contributed by atoms with Gasteiger partial charge in [-0.3, -0.25) is 4.79 Å². The molecule has 0 saturated carbocycles. The largest absolute Gasteiger partial charge is 0.377 e. The molecule has 2 atom stereocenters. The molecule has 1 fully saturated rings. The van der Waals surface area contributed by atoms with E-state index in [2.05, 4.69) is 4.98 Å². The number of H-pyrrole nitrogens is 1. The molecule has 0 bridgehead atoms. The maximum atomic E-state index is 12.5. The molecule has 5 nitrogen and oxygen atoms in total. The molecular formula is C15H18N2O3. The highest BCUT2D eigenvalue weighted by atomic mass is 16.5. The van der Waals surface area contributed by atoms with Gasteiger partial charge in [0.2, 0.25) is 0 Å². The Balaban J connectivity index is 1.82. The number of hydrogen-bond donors (Lipinski definition) is 1. The number of nitrogens with one attached hydrogen (secondary N) is 1. The predicted octanol–water partition coefficient (Wildman–Crippen LogP) is 1.65. The van der Waals surface area contributed by atoms with E-state index in [1.165, 1.54) is 0 Å². The number of rotatable bonds is 3. The third-order valence-corrected chi connectivity index (χ3v) is 3.91. The average Bonchev–Trinajstić information content (AvgIpc) is 3.11. The van der Waals surface area contributed by atoms with Crippen molar-refractivity contribution in [2.75, 3.05) is 27.3 Å². The number of methoxy groups -OCH3 is 2. The fourth-order valence-corrected chi connectivity index (χ4v) is 2.73. The quantitative estimate of drug-likeness (QED) is 0.926. The summed E-state index contributed by atoms with van der Waals surface area (Å²) in [5.74, 6) is 0.0229. The number of aromatic nitrogens is 1. The molecule has 1 N–H and O–H groups in total. The van der Waals surface area contributed by atoms with Crippen LogP contribution in [-0.2, 0) is 9.47 Å². The van der Waals surface area contributed by atoms with Crippen molar-refractivity contribution in [2.24, 2.45) is 0 Å². The first-order chi connectivity index (χ1) is 9.72. The normalized spacial score (nSPS) is 22.6. The smallest absolute Gasteiger partial charge is 0.254 e. The zero-order valence-corrected chi connectivity index (χ0v) is 11.6. The first-order valence-corrected chi connectivity index (χ1v) is 6.65. The fourth-order valence-electron chi connectivity index (χ4n) is 2.73. The summed E-state index contributed by atoms with van der Waals surface area (Å²) in [6.45, 7) is 1.14. The number of likely N-dealkylation sites (tertiary alicyclic amines) is 1. The van der Waals surface area contributed by atoms with Crippen LogP contribution in [0.4, 0.5) is 0 Å². The van der Waals surface area contributed by atoms with E-state index in [-0.39, 0.29) is 18.1 Å². The summed E-state index contributed by atoms with van der Waals surface area (Å²) in [4.78, 5) is 17.5. The minimum absolute atomic E-state index is 0.0229. The van der Waals surface area contributed by atoms with Crippen molar-refractivity contribution < 1.29 is 14.3 Å². The summed E-state index contributed by atoms with van der Waals surface area (Å²) in [6.07, 6.45) is 1.76. The van der Waals surface area contributed by atoms with Crippen LogP contribution in [0.15, 0.2) is 30.5 Å². The lowest BCUT2D eigenvalue weighted by Crippen LogP contribution is -2.30. The van der Waals surface area contributed by atoms with Crippen LogP contribution < -0.4 is 0 Å². The van der Waals surface area contributed by atoms with E-state index in [1.807, 2.05) is 30.5 Å². The number of nitrogens with zero attached hydrogens (tertiary/aromatic N) is 1. The summed E-state index contributed by atoms with van der Waals surface area (Å²) in [6, 6.07) is 7.66. The molecule has 2 aromatic rings. The average molecular weight is 274 g/mol. The van der Waals surface area contributed by atoms with Gasteiger partial charge in [-0.25, -0.2) is 0 Å². The molecule has 2 unspecified atom stereocenters. The van der Waals surface area contributed by atoms with Crippen molar-refractivity contribution >= 4 is 16.8 Å². The van der Waals surface area contributed by atoms with Crippen molar-refractivity contribution in [3.63, 3.8) is 0 Å². The summed E-state index contributed by atoms with van der Waals surface area (Å²) < 4.78 is 10.7. The topological polar surface area (TPSA) is 54.6 Å². The highest BCUT2D eigenvalue weighted by Crippen LogP contribution is 2.20. The second kappa shape index (κ2) is 5.26. The van der Waals surface area contributed by atoms with Crippen LogP contribution in [-0.4, -0.2) is 55.3 Å². The Morgan fingerprint density at radius 3 is 2.55 bits per heavy atom. The molecule has 2 heterocycles. The van der Waals surface area contributed by atoms with Gasteiger partial charge in [-0.15, -0.1) is 0 Å². The minimum Gasteiger partial charge on any atom is -0.377 e. The highest BCUT2D eigenvalue weighted by molar-refractivity contribution is 5.98. The van der Waals surface area contributed by atoms with Gasteiger partial charge in [0.25, 0.3) is 5.91 Å². The number of benzene rings is 1. The fraction of sp³-hybridized carbons (Fsp3) is 0.400. The number of amides is 1. The zero-order valence-electron chi connectivity index (χ0n) is 11.6. The van der Waals surface area contributed by atoms with Crippen molar-refractivity contribution in [1.29, 1.82) is 0 Å². The van der Waals surface area contributed by atoms with Crippen molar-refractivity contribution in [3.8, 4) is 0 Å². The molecule has 0 radical (unpaired) electrons. The first-order valence-electron chi connectivity index (χ1n) is 6.65. The second-order valence-electron chi connectivity index (χ2n) is 5.04. The van der Waals surface area contributed by atoms with Crippen LogP contribution in [0.1, 0.15) is 10.4 Å². The van der Waals surface area contributed by atoms with Crippen molar-refractivity contribution in [1.82, 2.24) is 9.88 Å². The SMILES string of the molecule is COC1CN(C(=O)c2ccc3[nH]ccc3c2)CC1OC. The van der Waals surface area contributed by atoms with Crippen molar-refractivity contribution in [2.45, 2.75) is 12.2 Å². The second-order valence-corrected chi connectivity index (χ2v) is 5.04. The van der Waals surface area contributed by atoms with Gasteiger partial charge in [-0.1, -0.05) is 0 Å². The molecule has 1 aliphatic rings. The summed E-state index contributed by atoms with van der Waals surface area (Å²) in [5, 5.41) is 1.04. The monoisotopic (exact) mass is 274 g/mol. The first kappa shape index (κ1) is 13.1. The van der Waals surface area contributed by atoms with Crippen LogP contribution in [0.2, 0.25) is 0 Å². The molecule has 1 aliphatic heterocycles. The molecule has 3 rings (SSSR count). The molecular weight excluding hydrogens is 256 g/mol. The van der Waals surface area contributed by atoms with Gasteiger partial charge in [0, 0.05) is 50.0 Å². The number of carbonyl (C=O) groups is 1.